The number of ether oxygens (including phenoxy) is 1. The first-order valence-electron chi connectivity index (χ1n) is 7.00. The predicted octanol–water partition coefficient (Wildman–Crippen LogP) is 4.93. The maximum Gasteiger partial charge on any atom is 0.347 e. The third-order valence-electron chi connectivity index (χ3n) is 3.33. The Morgan fingerprint density at radius 2 is 1.52 bits per heavy atom. The first-order valence-corrected chi connectivity index (χ1v) is 7.38. The number of carbonyl (C=O) groups excluding carboxylic acids is 1. The van der Waals surface area contributed by atoms with Gasteiger partial charge in [-0.05, 0) is 29.8 Å². The van der Waals surface area contributed by atoms with Gasteiger partial charge in [-0.2, -0.15) is 0 Å². The zero-order valence-electron chi connectivity index (χ0n) is 12.1. The van der Waals surface area contributed by atoms with Crippen molar-refractivity contribution in [2.45, 2.75) is 0 Å². The molecule has 3 aromatic carbocycles. The zero-order chi connectivity index (χ0) is 16.2. The van der Waals surface area contributed by atoms with Crippen LogP contribution < -0.4 is 4.74 Å². The predicted molar refractivity (Wildman–Crippen MR) is 90.0 cm³/mol. The summed E-state index contributed by atoms with van der Waals surface area (Å²) in [6.07, 6.45) is 0. The SMILES string of the molecule is O=C(Oc1ccccc1)c1cc(Cl)cc(-c2ccccc2)c1O. The lowest BCUT2D eigenvalue weighted by molar-refractivity contribution is 0.0732. The molecule has 0 bridgehead atoms. The molecule has 23 heavy (non-hydrogen) atoms. The molecule has 114 valence electrons. The Labute approximate surface area is 138 Å². The second-order valence-corrected chi connectivity index (χ2v) is 5.35. The first-order chi connectivity index (χ1) is 11.1. The van der Waals surface area contributed by atoms with E-state index in [-0.39, 0.29) is 11.3 Å². The van der Waals surface area contributed by atoms with E-state index in [1.165, 1.54) is 6.07 Å². The number of halogens is 1. The molecule has 0 saturated heterocycles. The molecule has 0 heterocycles. The van der Waals surface area contributed by atoms with Gasteiger partial charge >= 0.3 is 5.97 Å². The van der Waals surface area contributed by atoms with Crippen LogP contribution in [0.1, 0.15) is 10.4 Å². The number of phenols is 1. The van der Waals surface area contributed by atoms with Gasteiger partial charge in [0, 0.05) is 10.6 Å². The van der Waals surface area contributed by atoms with Gasteiger partial charge in [0.05, 0.1) is 0 Å². The van der Waals surface area contributed by atoms with Gasteiger partial charge in [-0.15, -0.1) is 0 Å². The van der Waals surface area contributed by atoms with Gasteiger partial charge in [-0.1, -0.05) is 60.1 Å². The smallest absolute Gasteiger partial charge is 0.347 e. The van der Waals surface area contributed by atoms with Crippen molar-refractivity contribution < 1.29 is 14.6 Å². The number of carbonyl (C=O) groups is 1. The van der Waals surface area contributed by atoms with Crippen molar-refractivity contribution in [3.05, 3.63) is 83.4 Å². The van der Waals surface area contributed by atoms with E-state index in [0.29, 0.717) is 16.3 Å². The molecule has 0 aliphatic carbocycles. The fraction of sp³-hybridized carbons (Fsp3) is 0. The highest BCUT2D eigenvalue weighted by atomic mass is 35.5. The molecule has 0 saturated carbocycles. The van der Waals surface area contributed by atoms with Crippen LogP contribution >= 0.6 is 11.6 Å². The van der Waals surface area contributed by atoms with Crippen molar-refractivity contribution in [1.29, 1.82) is 0 Å². The van der Waals surface area contributed by atoms with Gasteiger partial charge in [0.1, 0.15) is 17.1 Å². The van der Waals surface area contributed by atoms with E-state index in [4.69, 9.17) is 16.3 Å². The van der Waals surface area contributed by atoms with E-state index in [9.17, 15) is 9.90 Å². The zero-order valence-corrected chi connectivity index (χ0v) is 12.8. The number of rotatable bonds is 3. The summed E-state index contributed by atoms with van der Waals surface area (Å²) in [7, 11) is 0. The van der Waals surface area contributed by atoms with Crippen LogP contribution in [0.4, 0.5) is 0 Å². The maximum atomic E-state index is 12.3. The van der Waals surface area contributed by atoms with Gasteiger partial charge in [-0.25, -0.2) is 4.79 Å². The number of phenolic OH excluding ortho intramolecular Hbond substituents is 1. The minimum Gasteiger partial charge on any atom is -0.506 e. The Kier molecular flexibility index (Phi) is 4.31. The molecule has 3 nitrogen and oxygen atoms in total. The van der Waals surface area contributed by atoms with E-state index in [2.05, 4.69) is 0 Å². The van der Waals surface area contributed by atoms with Crippen molar-refractivity contribution in [2.75, 3.05) is 0 Å². The van der Waals surface area contributed by atoms with E-state index >= 15 is 0 Å². The number of hydrogen-bond acceptors (Lipinski definition) is 3. The third-order valence-corrected chi connectivity index (χ3v) is 3.55. The molecule has 0 fully saturated rings. The van der Waals surface area contributed by atoms with Crippen LogP contribution in [0.2, 0.25) is 5.02 Å². The highest BCUT2D eigenvalue weighted by molar-refractivity contribution is 6.31. The molecule has 0 atom stereocenters. The molecule has 3 rings (SSSR count). The minimum atomic E-state index is -0.659. The number of esters is 1. The normalized spacial score (nSPS) is 10.3. The molecule has 0 unspecified atom stereocenters. The van der Waals surface area contributed by atoms with Crippen molar-refractivity contribution in [1.82, 2.24) is 0 Å². The van der Waals surface area contributed by atoms with Gasteiger partial charge in [0.15, 0.2) is 0 Å². The summed E-state index contributed by atoms with van der Waals surface area (Å²) in [4.78, 5) is 12.3. The summed E-state index contributed by atoms with van der Waals surface area (Å²) < 4.78 is 5.27. The lowest BCUT2D eigenvalue weighted by atomic mass is 10.0. The Bertz CT molecular complexity index is 830. The average Bonchev–Trinajstić information content (AvgIpc) is 2.58. The molecule has 0 aliphatic heterocycles. The number of benzene rings is 3. The lowest BCUT2D eigenvalue weighted by Gasteiger charge is -2.11. The lowest BCUT2D eigenvalue weighted by Crippen LogP contribution is -2.09. The highest BCUT2D eigenvalue weighted by Gasteiger charge is 2.19. The Morgan fingerprint density at radius 3 is 2.17 bits per heavy atom. The van der Waals surface area contributed by atoms with Crippen molar-refractivity contribution >= 4 is 17.6 Å². The minimum absolute atomic E-state index is 0.0280. The molecule has 4 heteroatoms. The topological polar surface area (TPSA) is 46.5 Å². The van der Waals surface area contributed by atoms with Crippen LogP contribution in [-0.2, 0) is 0 Å². The van der Waals surface area contributed by atoms with Gasteiger partial charge in [0.2, 0.25) is 0 Å². The van der Waals surface area contributed by atoms with Crippen LogP contribution in [0, 0.1) is 0 Å². The Balaban J connectivity index is 2.00. The summed E-state index contributed by atoms with van der Waals surface area (Å²) in [5.74, 6) is -0.409. The van der Waals surface area contributed by atoms with Crippen molar-refractivity contribution in [3.8, 4) is 22.6 Å². The van der Waals surface area contributed by atoms with Crippen LogP contribution in [0.3, 0.4) is 0 Å². The van der Waals surface area contributed by atoms with Crippen LogP contribution in [0.15, 0.2) is 72.8 Å². The highest BCUT2D eigenvalue weighted by Crippen LogP contribution is 2.35. The van der Waals surface area contributed by atoms with Gasteiger partial charge in [0.25, 0.3) is 0 Å². The summed E-state index contributed by atoms with van der Waals surface area (Å²) in [6.45, 7) is 0. The number of aromatic hydroxyl groups is 1. The fourth-order valence-electron chi connectivity index (χ4n) is 2.24. The molecule has 0 amide bonds. The van der Waals surface area contributed by atoms with E-state index < -0.39 is 5.97 Å². The molecular formula is C19H13ClO3. The Hall–Kier alpha value is -2.78. The van der Waals surface area contributed by atoms with Crippen LogP contribution in [0.25, 0.3) is 11.1 Å². The molecule has 3 aromatic rings. The molecule has 0 aliphatic rings. The summed E-state index contributed by atoms with van der Waals surface area (Å²) in [5, 5.41) is 10.8. The Morgan fingerprint density at radius 1 is 0.913 bits per heavy atom. The van der Waals surface area contributed by atoms with Crippen LogP contribution in [0.5, 0.6) is 11.5 Å². The average molecular weight is 325 g/mol. The van der Waals surface area contributed by atoms with E-state index in [0.717, 1.165) is 5.56 Å². The fourth-order valence-corrected chi connectivity index (χ4v) is 2.46. The molecule has 0 radical (unpaired) electrons. The molecule has 0 spiro atoms. The maximum absolute atomic E-state index is 12.3. The van der Waals surface area contributed by atoms with Crippen molar-refractivity contribution in [2.24, 2.45) is 0 Å². The second-order valence-electron chi connectivity index (χ2n) is 4.92. The van der Waals surface area contributed by atoms with Gasteiger partial charge in [-0.3, -0.25) is 0 Å². The summed E-state index contributed by atoms with van der Waals surface area (Å²) in [5.41, 5.74) is 1.28. The van der Waals surface area contributed by atoms with E-state index in [1.807, 2.05) is 36.4 Å². The summed E-state index contributed by atoms with van der Waals surface area (Å²) >= 11 is 6.10. The summed E-state index contributed by atoms with van der Waals surface area (Å²) in [6, 6.07) is 20.9. The third kappa shape index (κ3) is 3.35. The second kappa shape index (κ2) is 6.55. The quantitative estimate of drug-likeness (QED) is 0.548. The van der Waals surface area contributed by atoms with Crippen LogP contribution in [-0.4, -0.2) is 11.1 Å². The number of para-hydroxylation sites is 1. The monoisotopic (exact) mass is 324 g/mol. The largest absolute Gasteiger partial charge is 0.506 e. The van der Waals surface area contributed by atoms with Crippen molar-refractivity contribution in [3.63, 3.8) is 0 Å². The molecule has 1 N–H and O–H groups in total. The molecule has 0 aromatic heterocycles. The molecular weight excluding hydrogens is 312 g/mol. The number of hydrogen-bond donors (Lipinski definition) is 1. The van der Waals surface area contributed by atoms with E-state index in [1.54, 1.807) is 30.3 Å². The standard InChI is InChI=1S/C19H13ClO3/c20-14-11-16(13-7-3-1-4-8-13)18(21)17(12-14)19(22)23-15-9-5-2-6-10-15/h1-12,21H. The van der Waals surface area contributed by atoms with Gasteiger partial charge < -0.3 is 9.84 Å². The first kappa shape index (κ1) is 15.1.